The van der Waals surface area contributed by atoms with Gasteiger partial charge in [0.2, 0.25) is 5.91 Å². The summed E-state index contributed by atoms with van der Waals surface area (Å²) < 4.78 is 5.18. The predicted octanol–water partition coefficient (Wildman–Crippen LogP) is 2.24. The quantitative estimate of drug-likeness (QED) is 0.402. The van der Waals surface area contributed by atoms with Crippen molar-refractivity contribution in [1.29, 1.82) is 0 Å². The number of nitrogens with zero attached hydrogens (tertiary/aromatic N) is 2. The Morgan fingerprint density at radius 3 is 2.44 bits per heavy atom. The van der Waals surface area contributed by atoms with E-state index < -0.39 is 0 Å². The van der Waals surface area contributed by atoms with Crippen LogP contribution in [-0.2, 0) is 11.3 Å². The minimum absolute atomic E-state index is 0. The van der Waals surface area contributed by atoms with Gasteiger partial charge in [-0.2, -0.15) is 0 Å². The largest absolute Gasteiger partial charge is 0.497 e. The van der Waals surface area contributed by atoms with Crippen molar-refractivity contribution >= 4 is 35.8 Å². The van der Waals surface area contributed by atoms with E-state index in [2.05, 4.69) is 32.7 Å². The maximum atomic E-state index is 11.5. The standard InChI is InChI=1S/C18H28N4O2.HI/c1-19-17(23)12-14-8-10-22(11-9-14)18(20-2)21-13-15-4-6-16(24-3)7-5-15;/h4-7,14H,8-13H2,1-3H3,(H,19,23)(H,20,21);1H. The van der Waals surface area contributed by atoms with Gasteiger partial charge in [-0.3, -0.25) is 9.79 Å². The molecule has 2 rings (SSSR count). The number of ether oxygens (including phenoxy) is 1. The molecule has 1 aliphatic heterocycles. The summed E-state index contributed by atoms with van der Waals surface area (Å²) in [6.45, 7) is 2.60. The highest BCUT2D eigenvalue weighted by Gasteiger charge is 2.22. The van der Waals surface area contributed by atoms with Crippen molar-refractivity contribution in [2.75, 3.05) is 34.3 Å². The van der Waals surface area contributed by atoms with Gasteiger partial charge in [0.15, 0.2) is 5.96 Å². The molecule has 0 aliphatic carbocycles. The van der Waals surface area contributed by atoms with E-state index in [1.165, 1.54) is 5.56 Å². The zero-order valence-corrected chi connectivity index (χ0v) is 17.6. The summed E-state index contributed by atoms with van der Waals surface area (Å²) >= 11 is 0. The number of halogens is 1. The van der Waals surface area contributed by atoms with Gasteiger partial charge in [-0.15, -0.1) is 24.0 Å². The summed E-state index contributed by atoms with van der Waals surface area (Å²) in [6.07, 6.45) is 2.68. The fourth-order valence-corrected chi connectivity index (χ4v) is 2.97. The van der Waals surface area contributed by atoms with Gasteiger partial charge in [-0.05, 0) is 36.5 Å². The Morgan fingerprint density at radius 1 is 1.28 bits per heavy atom. The molecule has 6 nitrogen and oxygen atoms in total. The molecule has 1 heterocycles. The van der Waals surface area contributed by atoms with Crippen molar-refractivity contribution < 1.29 is 9.53 Å². The third-order valence-corrected chi connectivity index (χ3v) is 4.49. The molecule has 1 saturated heterocycles. The lowest BCUT2D eigenvalue weighted by Gasteiger charge is -2.34. The lowest BCUT2D eigenvalue weighted by Crippen LogP contribution is -2.45. The third kappa shape index (κ3) is 6.72. The number of aliphatic imine (C=N–C) groups is 1. The van der Waals surface area contributed by atoms with Crippen LogP contribution in [0.15, 0.2) is 29.3 Å². The first-order chi connectivity index (χ1) is 11.7. The molecular weight excluding hydrogens is 431 g/mol. The molecule has 1 fully saturated rings. The molecule has 25 heavy (non-hydrogen) atoms. The predicted molar refractivity (Wildman–Crippen MR) is 112 cm³/mol. The second kappa shape index (κ2) is 11.2. The van der Waals surface area contributed by atoms with E-state index in [-0.39, 0.29) is 29.9 Å². The zero-order valence-electron chi connectivity index (χ0n) is 15.2. The van der Waals surface area contributed by atoms with Gasteiger partial charge in [-0.1, -0.05) is 12.1 Å². The number of piperidine rings is 1. The number of guanidine groups is 1. The highest BCUT2D eigenvalue weighted by atomic mass is 127. The number of hydrogen-bond donors (Lipinski definition) is 2. The van der Waals surface area contributed by atoms with Gasteiger partial charge in [0, 0.05) is 40.2 Å². The Kier molecular flexibility index (Phi) is 9.62. The molecule has 0 spiro atoms. The molecule has 0 atom stereocenters. The topological polar surface area (TPSA) is 66.0 Å². The summed E-state index contributed by atoms with van der Waals surface area (Å²) in [7, 11) is 5.18. The van der Waals surface area contributed by atoms with Crippen LogP contribution in [0.2, 0.25) is 0 Å². The summed E-state index contributed by atoms with van der Waals surface area (Å²) in [5.41, 5.74) is 1.19. The van der Waals surface area contributed by atoms with Crippen LogP contribution in [-0.4, -0.2) is 51.1 Å². The number of benzene rings is 1. The monoisotopic (exact) mass is 460 g/mol. The molecule has 0 unspecified atom stereocenters. The summed E-state index contributed by atoms with van der Waals surface area (Å²) in [5.74, 6) is 2.39. The smallest absolute Gasteiger partial charge is 0.220 e. The van der Waals surface area contributed by atoms with Crippen molar-refractivity contribution in [2.45, 2.75) is 25.8 Å². The Hall–Kier alpha value is -1.51. The second-order valence-corrected chi connectivity index (χ2v) is 6.06. The van der Waals surface area contributed by atoms with E-state index in [9.17, 15) is 4.79 Å². The van der Waals surface area contributed by atoms with Crippen molar-refractivity contribution in [3.63, 3.8) is 0 Å². The number of amides is 1. The number of methoxy groups -OCH3 is 1. The molecule has 0 bridgehead atoms. The first-order valence-electron chi connectivity index (χ1n) is 8.45. The molecule has 1 aromatic rings. The lowest BCUT2D eigenvalue weighted by molar-refractivity contribution is -0.121. The van der Waals surface area contributed by atoms with Crippen LogP contribution in [0.4, 0.5) is 0 Å². The highest BCUT2D eigenvalue weighted by Crippen LogP contribution is 2.20. The molecule has 1 aliphatic rings. The van der Waals surface area contributed by atoms with Crippen LogP contribution in [0.25, 0.3) is 0 Å². The average molecular weight is 460 g/mol. The van der Waals surface area contributed by atoms with Crippen molar-refractivity contribution in [3.05, 3.63) is 29.8 Å². The number of rotatable bonds is 5. The number of likely N-dealkylation sites (tertiary alicyclic amines) is 1. The minimum atomic E-state index is 0. The first kappa shape index (κ1) is 21.5. The van der Waals surface area contributed by atoms with Crippen molar-refractivity contribution in [3.8, 4) is 5.75 Å². The Bertz CT molecular complexity index is 555. The molecule has 1 amide bonds. The number of hydrogen-bond acceptors (Lipinski definition) is 3. The number of carbonyl (C=O) groups is 1. The average Bonchev–Trinajstić information content (AvgIpc) is 2.63. The van der Waals surface area contributed by atoms with Crippen molar-refractivity contribution in [1.82, 2.24) is 15.5 Å². The van der Waals surface area contributed by atoms with Gasteiger partial charge in [0.25, 0.3) is 0 Å². The van der Waals surface area contributed by atoms with Gasteiger partial charge >= 0.3 is 0 Å². The Labute approximate surface area is 167 Å². The molecule has 0 radical (unpaired) electrons. The molecule has 0 saturated carbocycles. The van der Waals surface area contributed by atoms with E-state index in [0.717, 1.165) is 44.2 Å². The van der Waals surface area contributed by atoms with Gasteiger partial charge in [0.05, 0.1) is 7.11 Å². The minimum Gasteiger partial charge on any atom is -0.497 e. The van der Waals surface area contributed by atoms with Gasteiger partial charge in [0.1, 0.15) is 5.75 Å². The van der Waals surface area contributed by atoms with E-state index in [0.29, 0.717) is 12.3 Å². The van der Waals surface area contributed by atoms with Crippen LogP contribution in [0.3, 0.4) is 0 Å². The Morgan fingerprint density at radius 2 is 1.92 bits per heavy atom. The van der Waals surface area contributed by atoms with Crippen LogP contribution in [0.1, 0.15) is 24.8 Å². The second-order valence-electron chi connectivity index (χ2n) is 6.06. The van der Waals surface area contributed by atoms with E-state index in [1.807, 2.05) is 19.2 Å². The molecule has 7 heteroatoms. The molecule has 2 N–H and O–H groups in total. The fraction of sp³-hybridized carbons (Fsp3) is 0.556. The van der Waals surface area contributed by atoms with Gasteiger partial charge in [-0.25, -0.2) is 0 Å². The number of nitrogens with one attached hydrogen (secondary N) is 2. The lowest BCUT2D eigenvalue weighted by atomic mass is 9.93. The third-order valence-electron chi connectivity index (χ3n) is 4.49. The first-order valence-corrected chi connectivity index (χ1v) is 8.45. The van der Waals surface area contributed by atoms with Crippen LogP contribution in [0.5, 0.6) is 5.75 Å². The Balaban J connectivity index is 0.00000312. The van der Waals surface area contributed by atoms with E-state index >= 15 is 0 Å². The SMILES string of the molecule is CN=C(NCc1ccc(OC)cc1)N1CCC(CC(=O)NC)CC1.I. The van der Waals surface area contributed by atoms with Crippen LogP contribution >= 0.6 is 24.0 Å². The fourth-order valence-electron chi connectivity index (χ4n) is 2.97. The normalized spacial score (nSPS) is 15.3. The summed E-state index contributed by atoms with van der Waals surface area (Å²) in [6, 6.07) is 8.03. The van der Waals surface area contributed by atoms with Crippen molar-refractivity contribution in [2.24, 2.45) is 10.9 Å². The highest BCUT2D eigenvalue weighted by molar-refractivity contribution is 14.0. The van der Waals surface area contributed by atoms with Crippen LogP contribution in [0, 0.1) is 5.92 Å². The van der Waals surface area contributed by atoms with E-state index in [4.69, 9.17) is 4.74 Å². The van der Waals surface area contributed by atoms with Crippen LogP contribution < -0.4 is 15.4 Å². The maximum absolute atomic E-state index is 11.5. The molecular formula is C18H29IN4O2. The zero-order chi connectivity index (χ0) is 17.4. The molecule has 1 aromatic carbocycles. The molecule has 140 valence electrons. The molecule has 0 aromatic heterocycles. The summed E-state index contributed by atoms with van der Waals surface area (Å²) in [4.78, 5) is 18.1. The number of carbonyl (C=O) groups excluding carboxylic acids is 1. The summed E-state index contributed by atoms with van der Waals surface area (Å²) in [5, 5.41) is 6.12. The van der Waals surface area contributed by atoms with E-state index in [1.54, 1.807) is 14.2 Å². The van der Waals surface area contributed by atoms with Gasteiger partial charge < -0.3 is 20.3 Å². The maximum Gasteiger partial charge on any atom is 0.220 e.